The topological polar surface area (TPSA) is 29.5 Å². The maximum absolute atomic E-state index is 13.3. The highest BCUT2D eigenvalue weighted by atomic mass is 32.2. The fourth-order valence-electron chi connectivity index (χ4n) is 1.73. The lowest BCUT2D eigenvalue weighted by atomic mass is 10.0. The van der Waals surface area contributed by atoms with Crippen molar-refractivity contribution in [2.45, 2.75) is 17.4 Å². The largest absolute Gasteiger partial charge is 0.392 e. The van der Waals surface area contributed by atoms with Crippen molar-refractivity contribution in [3.63, 3.8) is 0 Å². The summed E-state index contributed by atoms with van der Waals surface area (Å²) in [5.74, 6) is 0.510. The van der Waals surface area contributed by atoms with Crippen LogP contribution >= 0.6 is 11.8 Å². The molecule has 1 aromatic rings. The molecule has 0 bridgehead atoms. The number of halogens is 1. The van der Waals surface area contributed by atoms with Gasteiger partial charge < -0.3 is 9.84 Å². The van der Waals surface area contributed by atoms with E-state index < -0.39 is 6.10 Å². The Labute approximate surface area is 98.8 Å². The first-order valence-corrected chi connectivity index (χ1v) is 6.39. The first-order chi connectivity index (χ1) is 7.77. The number of rotatable bonds is 4. The lowest BCUT2D eigenvalue weighted by Crippen LogP contribution is -2.22. The van der Waals surface area contributed by atoms with E-state index in [4.69, 9.17) is 4.74 Å². The van der Waals surface area contributed by atoms with Gasteiger partial charge in [0.1, 0.15) is 5.82 Å². The highest BCUT2D eigenvalue weighted by molar-refractivity contribution is 7.99. The van der Waals surface area contributed by atoms with Crippen molar-refractivity contribution in [1.29, 1.82) is 0 Å². The number of benzene rings is 1. The van der Waals surface area contributed by atoms with Crippen molar-refractivity contribution in [2.75, 3.05) is 19.0 Å². The molecule has 1 fully saturated rings. The van der Waals surface area contributed by atoms with Crippen LogP contribution in [0.2, 0.25) is 0 Å². The molecule has 0 spiro atoms. The first-order valence-electron chi connectivity index (χ1n) is 5.40. The predicted molar refractivity (Wildman–Crippen MR) is 62.1 cm³/mol. The van der Waals surface area contributed by atoms with Gasteiger partial charge in [0.2, 0.25) is 0 Å². The minimum atomic E-state index is -0.410. The monoisotopic (exact) mass is 242 g/mol. The van der Waals surface area contributed by atoms with E-state index in [0.29, 0.717) is 17.3 Å². The Morgan fingerprint density at radius 2 is 2.31 bits per heavy atom. The van der Waals surface area contributed by atoms with Crippen LogP contribution in [0.25, 0.3) is 0 Å². The van der Waals surface area contributed by atoms with Gasteiger partial charge in [0.25, 0.3) is 0 Å². The maximum atomic E-state index is 13.3. The zero-order valence-electron chi connectivity index (χ0n) is 8.93. The molecule has 1 aliphatic heterocycles. The van der Waals surface area contributed by atoms with E-state index in [9.17, 15) is 9.50 Å². The third kappa shape index (κ3) is 2.97. The summed E-state index contributed by atoms with van der Waals surface area (Å²) in [4.78, 5) is 0.598. The molecule has 1 aromatic carbocycles. The van der Waals surface area contributed by atoms with Crippen molar-refractivity contribution in [3.8, 4) is 0 Å². The SMILES string of the molecule is OC(CSc1ccccc1F)C1CCOC1. The Hall–Kier alpha value is -0.580. The molecular weight excluding hydrogens is 227 g/mol. The molecule has 2 atom stereocenters. The van der Waals surface area contributed by atoms with Gasteiger partial charge in [-0.25, -0.2) is 4.39 Å². The van der Waals surface area contributed by atoms with Gasteiger partial charge in [-0.05, 0) is 18.6 Å². The van der Waals surface area contributed by atoms with E-state index in [1.54, 1.807) is 18.2 Å². The third-order valence-corrected chi connectivity index (χ3v) is 3.91. The minimum absolute atomic E-state index is 0.208. The summed E-state index contributed by atoms with van der Waals surface area (Å²) in [7, 11) is 0. The zero-order chi connectivity index (χ0) is 11.4. The standard InChI is InChI=1S/C12H15FO2S/c13-10-3-1-2-4-12(10)16-8-11(14)9-5-6-15-7-9/h1-4,9,11,14H,5-8H2. The van der Waals surface area contributed by atoms with Gasteiger partial charge in [-0.3, -0.25) is 0 Å². The Balaban J connectivity index is 1.84. The van der Waals surface area contributed by atoms with Gasteiger partial charge in [0.15, 0.2) is 0 Å². The average Bonchev–Trinajstić information content (AvgIpc) is 2.81. The van der Waals surface area contributed by atoms with Crippen molar-refractivity contribution in [1.82, 2.24) is 0 Å². The normalized spacial score (nSPS) is 22.2. The first kappa shape index (κ1) is 11.9. The molecule has 1 N–H and O–H groups in total. The second-order valence-corrected chi connectivity index (χ2v) is 4.99. The molecule has 0 radical (unpaired) electrons. The summed E-state index contributed by atoms with van der Waals surface area (Å²) >= 11 is 1.36. The molecule has 0 aliphatic carbocycles. The molecule has 2 unspecified atom stereocenters. The Kier molecular flexibility index (Phi) is 4.21. The number of ether oxygens (including phenoxy) is 1. The number of aliphatic hydroxyl groups is 1. The minimum Gasteiger partial charge on any atom is -0.392 e. The van der Waals surface area contributed by atoms with Crippen molar-refractivity contribution >= 4 is 11.8 Å². The third-order valence-electron chi connectivity index (χ3n) is 2.76. The van der Waals surface area contributed by atoms with Crippen LogP contribution in [0.3, 0.4) is 0 Å². The number of hydrogen-bond acceptors (Lipinski definition) is 3. The lowest BCUT2D eigenvalue weighted by Gasteiger charge is -2.15. The maximum Gasteiger partial charge on any atom is 0.136 e. The van der Waals surface area contributed by atoms with E-state index in [0.717, 1.165) is 13.0 Å². The summed E-state index contributed by atoms with van der Waals surface area (Å²) in [5.41, 5.74) is 0. The summed E-state index contributed by atoms with van der Waals surface area (Å²) < 4.78 is 18.5. The fraction of sp³-hybridized carbons (Fsp3) is 0.500. The molecule has 88 valence electrons. The highest BCUT2D eigenvalue weighted by Crippen LogP contribution is 2.25. The summed E-state index contributed by atoms with van der Waals surface area (Å²) in [6, 6.07) is 6.64. The van der Waals surface area contributed by atoms with Crippen LogP contribution in [0.4, 0.5) is 4.39 Å². The average molecular weight is 242 g/mol. The van der Waals surface area contributed by atoms with Crippen LogP contribution in [0.15, 0.2) is 29.2 Å². The number of thioether (sulfide) groups is 1. The van der Waals surface area contributed by atoms with Crippen LogP contribution in [0, 0.1) is 11.7 Å². The van der Waals surface area contributed by atoms with Crippen molar-refractivity contribution in [2.24, 2.45) is 5.92 Å². The molecular formula is C12H15FO2S. The number of hydrogen-bond donors (Lipinski definition) is 1. The van der Waals surface area contributed by atoms with Gasteiger partial charge in [0.05, 0.1) is 12.7 Å². The molecule has 2 nitrogen and oxygen atoms in total. The van der Waals surface area contributed by atoms with Crippen LogP contribution in [-0.4, -0.2) is 30.2 Å². The summed E-state index contributed by atoms with van der Waals surface area (Å²) in [6.45, 7) is 1.35. The van der Waals surface area contributed by atoms with Crippen LogP contribution < -0.4 is 0 Å². The Bertz CT molecular complexity index is 340. The lowest BCUT2D eigenvalue weighted by molar-refractivity contribution is 0.109. The van der Waals surface area contributed by atoms with E-state index in [1.165, 1.54) is 17.8 Å². The molecule has 0 saturated carbocycles. The van der Waals surface area contributed by atoms with Gasteiger partial charge >= 0.3 is 0 Å². The van der Waals surface area contributed by atoms with E-state index in [2.05, 4.69) is 0 Å². The van der Waals surface area contributed by atoms with E-state index >= 15 is 0 Å². The van der Waals surface area contributed by atoms with Crippen molar-refractivity contribution < 1.29 is 14.2 Å². The van der Waals surface area contributed by atoms with E-state index in [-0.39, 0.29) is 11.7 Å². The van der Waals surface area contributed by atoms with Crippen LogP contribution in [-0.2, 0) is 4.74 Å². The molecule has 1 saturated heterocycles. The zero-order valence-corrected chi connectivity index (χ0v) is 9.75. The van der Waals surface area contributed by atoms with Crippen LogP contribution in [0.5, 0.6) is 0 Å². The molecule has 1 heterocycles. The van der Waals surface area contributed by atoms with E-state index in [1.807, 2.05) is 0 Å². The fourth-order valence-corrected chi connectivity index (χ4v) is 2.73. The second kappa shape index (κ2) is 5.66. The molecule has 4 heteroatoms. The highest BCUT2D eigenvalue weighted by Gasteiger charge is 2.24. The molecule has 16 heavy (non-hydrogen) atoms. The van der Waals surface area contributed by atoms with Gasteiger partial charge in [-0.15, -0.1) is 11.8 Å². The summed E-state index contributed by atoms with van der Waals surface area (Å²) in [6.07, 6.45) is 0.492. The van der Waals surface area contributed by atoms with Gasteiger partial charge in [-0.2, -0.15) is 0 Å². The molecule has 0 aromatic heterocycles. The quantitative estimate of drug-likeness (QED) is 0.822. The van der Waals surface area contributed by atoms with Gasteiger partial charge in [0, 0.05) is 23.2 Å². The van der Waals surface area contributed by atoms with Crippen LogP contribution in [0.1, 0.15) is 6.42 Å². The number of aliphatic hydroxyl groups excluding tert-OH is 1. The summed E-state index contributed by atoms with van der Waals surface area (Å²) in [5, 5.41) is 9.88. The molecule has 2 rings (SSSR count). The Morgan fingerprint density at radius 1 is 1.50 bits per heavy atom. The molecule has 1 aliphatic rings. The second-order valence-electron chi connectivity index (χ2n) is 3.93. The van der Waals surface area contributed by atoms with Gasteiger partial charge in [-0.1, -0.05) is 12.1 Å². The molecule has 0 amide bonds. The Morgan fingerprint density at radius 3 is 3.00 bits per heavy atom. The smallest absolute Gasteiger partial charge is 0.136 e. The van der Waals surface area contributed by atoms with Crippen molar-refractivity contribution in [3.05, 3.63) is 30.1 Å². The predicted octanol–water partition coefficient (Wildman–Crippen LogP) is 2.32.